The van der Waals surface area contributed by atoms with E-state index in [1.807, 2.05) is 6.07 Å². The molecule has 2 aromatic rings. The molecule has 0 aliphatic carbocycles. The van der Waals surface area contributed by atoms with E-state index in [1.54, 1.807) is 48.5 Å². The summed E-state index contributed by atoms with van der Waals surface area (Å²) in [5, 5.41) is 2.62. The average molecular weight is 281 g/mol. The van der Waals surface area contributed by atoms with Gasteiger partial charge in [0.1, 0.15) is 0 Å². The van der Waals surface area contributed by atoms with Gasteiger partial charge < -0.3 is 16.8 Å². The Morgan fingerprint density at radius 3 is 2.52 bits per heavy atom. The second kappa shape index (κ2) is 6.38. The van der Waals surface area contributed by atoms with Gasteiger partial charge in [0.15, 0.2) is 0 Å². The van der Waals surface area contributed by atoms with E-state index in [1.165, 1.54) is 6.08 Å². The predicted octanol–water partition coefficient (Wildman–Crippen LogP) is 2.02. The molecule has 2 amide bonds. The number of nitrogens with two attached hydrogens (primary N) is 2. The van der Waals surface area contributed by atoms with Crippen molar-refractivity contribution >= 4 is 29.3 Å². The normalized spacial score (nSPS) is 10.5. The van der Waals surface area contributed by atoms with Gasteiger partial charge in [-0.25, -0.2) is 0 Å². The lowest BCUT2D eigenvalue weighted by molar-refractivity contribution is -0.111. The zero-order chi connectivity index (χ0) is 15.2. The molecule has 106 valence electrons. The van der Waals surface area contributed by atoms with Crippen LogP contribution in [-0.4, -0.2) is 11.8 Å². The van der Waals surface area contributed by atoms with Gasteiger partial charge in [0, 0.05) is 11.8 Å². The Morgan fingerprint density at radius 1 is 1.05 bits per heavy atom. The van der Waals surface area contributed by atoms with E-state index in [2.05, 4.69) is 5.32 Å². The summed E-state index contributed by atoms with van der Waals surface area (Å²) in [6, 6.07) is 13.7. The molecule has 2 aromatic carbocycles. The minimum atomic E-state index is -0.592. The molecule has 0 heterocycles. The third kappa shape index (κ3) is 3.94. The third-order valence-electron chi connectivity index (χ3n) is 2.79. The topological polar surface area (TPSA) is 98.2 Å². The van der Waals surface area contributed by atoms with Crippen molar-refractivity contribution in [2.24, 2.45) is 5.73 Å². The summed E-state index contributed by atoms with van der Waals surface area (Å²) in [7, 11) is 0. The van der Waals surface area contributed by atoms with Crippen LogP contribution in [0.15, 0.2) is 54.6 Å². The molecule has 0 bridgehead atoms. The lowest BCUT2D eigenvalue weighted by atomic mass is 10.1. The van der Waals surface area contributed by atoms with Gasteiger partial charge in [0.25, 0.3) is 5.91 Å². The summed E-state index contributed by atoms with van der Waals surface area (Å²) in [5.74, 6) is -0.947. The molecule has 2 rings (SSSR count). The van der Waals surface area contributed by atoms with Gasteiger partial charge in [-0.3, -0.25) is 9.59 Å². The SMILES string of the molecule is NC(=O)c1ccccc1NC(=O)/C=C/c1cccc(N)c1. The summed E-state index contributed by atoms with van der Waals surface area (Å²) in [6.45, 7) is 0. The molecule has 21 heavy (non-hydrogen) atoms. The first-order chi connectivity index (χ1) is 10.1. The first-order valence-electron chi connectivity index (χ1n) is 6.29. The minimum absolute atomic E-state index is 0.267. The Hall–Kier alpha value is -3.08. The van der Waals surface area contributed by atoms with E-state index < -0.39 is 5.91 Å². The van der Waals surface area contributed by atoms with Crippen molar-refractivity contribution in [3.8, 4) is 0 Å². The Balaban J connectivity index is 2.10. The largest absolute Gasteiger partial charge is 0.399 e. The fraction of sp³-hybridized carbons (Fsp3) is 0. The summed E-state index contributed by atoms with van der Waals surface area (Å²) in [4.78, 5) is 23.1. The van der Waals surface area contributed by atoms with E-state index in [9.17, 15) is 9.59 Å². The van der Waals surface area contributed by atoms with Crippen LogP contribution in [-0.2, 0) is 4.79 Å². The van der Waals surface area contributed by atoms with Crippen LogP contribution in [0.4, 0.5) is 11.4 Å². The highest BCUT2D eigenvalue weighted by atomic mass is 16.2. The predicted molar refractivity (Wildman–Crippen MR) is 83.5 cm³/mol. The summed E-state index contributed by atoms with van der Waals surface area (Å²) in [6.07, 6.45) is 3.01. The van der Waals surface area contributed by atoms with E-state index >= 15 is 0 Å². The van der Waals surface area contributed by atoms with Crippen molar-refractivity contribution in [1.82, 2.24) is 0 Å². The number of hydrogen-bond donors (Lipinski definition) is 3. The number of benzene rings is 2. The molecule has 5 heteroatoms. The molecular formula is C16H15N3O2. The number of para-hydroxylation sites is 1. The average Bonchev–Trinajstić information content (AvgIpc) is 2.45. The number of carbonyl (C=O) groups excluding carboxylic acids is 2. The van der Waals surface area contributed by atoms with Gasteiger partial charge in [-0.15, -0.1) is 0 Å². The standard InChI is InChI=1S/C16H15N3O2/c17-12-5-3-4-11(10-12)8-9-15(20)19-14-7-2-1-6-13(14)16(18)21/h1-10H,17H2,(H2,18,21)(H,19,20)/b9-8+. The number of amides is 2. The van der Waals surface area contributed by atoms with Crippen LogP contribution >= 0.6 is 0 Å². The zero-order valence-corrected chi connectivity index (χ0v) is 11.2. The van der Waals surface area contributed by atoms with Crippen LogP contribution in [0.25, 0.3) is 6.08 Å². The molecule has 0 fully saturated rings. The van der Waals surface area contributed by atoms with Crippen LogP contribution in [0.3, 0.4) is 0 Å². The van der Waals surface area contributed by atoms with E-state index in [-0.39, 0.29) is 11.5 Å². The van der Waals surface area contributed by atoms with Crippen molar-refractivity contribution in [3.63, 3.8) is 0 Å². The van der Waals surface area contributed by atoms with Gasteiger partial charge in [-0.2, -0.15) is 0 Å². The molecule has 0 atom stereocenters. The van der Waals surface area contributed by atoms with Crippen LogP contribution < -0.4 is 16.8 Å². The highest BCUT2D eigenvalue weighted by Gasteiger charge is 2.08. The first-order valence-corrected chi connectivity index (χ1v) is 6.29. The lowest BCUT2D eigenvalue weighted by Crippen LogP contribution is -2.16. The Bertz CT molecular complexity index is 708. The van der Waals surface area contributed by atoms with Crippen LogP contribution in [0.1, 0.15) is 15.9 Å². The van der Waals surface area contributed by atoms with Gasteiger partial charge in [-0.1, -0.05) is 24.3 Å². The third-order valence-corrected chi connectivity index (χ3v) is 2.79. The number of carbonyl (C=O) groups is 2. The Labute approximate surface area is 122 Å². The van der Waals surface area contributed by atoms with Crippen molar-refractivity contribution in [2.45, 2.75) is 0 Å². The number of hydrogen-bond acceptors (Lipinski definition) is 3. The smallest absolute Gasteiger partial charge is 0.250 e. The number of primary amides is 1. The fourth-order valence-corrected chi connectivity index (χ4v) is 1.82. The van der Waals surface area contributed by atoms with Crippen molar-refractivity contribution < 1.29 is 9.59 Å². The van der Waals surface area contributed by atoms with Crippen molar-refractivity contribution in [1.29, 1.82) is 0 Å². The molecule has 0 aliphatic heterocycles. The van der Waals surface area contributed by atoms with Crippen LogP contribution in [0.5, 0.6) is 0 Å². The summed E-state index contributed by atoms with van der Waals surface area (Å²) in [5.41, 5.74) is 13.0. The van der Waals surface area contributed by atoms with Crippen molar-refractivity contribution in [3.05, 3.63) is 65.7 Å². The van der Waals surface area contributed by atoms with Crippen molar-refractivity contribution in [2.75, 3.05) is 11.1 Å². The van der Waals surface area contributed by atoms with Gasteiger partial charge in [0.2, 0.25) is 5.91 Å². The maximum absolute atomic E-state index is 11.9. The molecular weight excluding hydrogens is 266 g/mol. The quantitative estimate of drug-likeness (QED) is 0.590. The molecule has 0 aliphatic rings. The van der Waals surface area contributed by atoms with Crippen LogP contribution in [0.2, 0.25) is 0 Å². The van der Waals surface area contributed by atoms with Gasteiger partial charge in [0.05, 0.1) is 11.3 Å². The molecule has 0 saturated heterocycles. The Kier molecular flexibility index (Phi) is 4.36. The van der Waals surface area contributed by atoms with E-state index in [0.717, 1.165) is 5.56 Å². The monoisotopic (exact) mass is 281 g/mol. The number of nitrogen functional groups attached to an aromatic ring is 1. The highest BCUT2D eigenvalue weighted by molar-refractivity contribution is 6.07. The molecule has 0 aromatic heterocycles. The number of rotatable bonds is 4. The fourth-order valence-electron chi connectivity index (χ4n) is 1.82. The maximum atomic E-state index is 11.9. The second-order valence-corrected chi connectivity index (χ2v) is 4.40. The zero-order valence-electron chi connectivity index (χ0n) is 11.2. The molecule has 0 radical (unpaired) electrons. The minimum Gasteiger partial charge on any atom is -0.399 e. The van der Waals surface area contributed by atoms with E-state index in [0.29, 0.717) is 11.4 Å². The van der Waals surface area contributed by atoms with E-state index in [4.69, 9.17) is 11.5 Å². The van der Waals surface area contributed by atoms with Gasteiger partial charge in [-0.05, 0) is 35.9 Å². The van der Waals surface area contributed by atoms with Crippen LogP contribution in [0, 0.1) is 0 Å². The molecule has 0 spiro atoms. The molecule has 5 nitrogen and oxygen atoms in total. The molecule has 0 saturated carbocycles. The highest BCUT2D eigenvalue weighted by Crippen LogP contribution is 2.14. The number of anilines is 2. The number of nitrogens with one attached hydrogen (secondary N) is 1. The Morgan fingerprint density at radius 2 is 1.81 bits per heavy atom. The molecule has 0 unspecified atom stereocenters. The molecule has 5 N–H and O–H groups in total. The lowest BCUT2D eigenvalue weighted by Gasteiger charge is -2.06. The summed E-state index contributed by atoms with van der Waals surface area (Å²) < 4.78 is 0. The second-order valence-electron chi connectivity index (χ2n) is 4.40. The maximum Gasteiger partial charge on any atom is 0.250 e. The first kappa shape index (κ1) is 14.3. The summed E-state index contributed by atoms with van der Waals surface area (Å²) >= 11 is 0. The van der Waals surface area contributed by atoms with Gasteiger partial charge >= 0.3 is 0 Å².